The molecule has 2 nitrogen and oxygen atoms in total. The number of fused-ring (bicyclic) bond motifs is 2. The lowest BCUT2D eigenvalue weighted by Crippen LogP contribution is -2.44. The summed E-state index contributed by atoms with van der Waals surface area (Å²) in [6, 6.07) is 12.8. The van der Waals surface area contributed by atoms with Gasteiger partial charge < -0.3 is 0 Å². The number of rotatable bonds is 1. The van der Waals surface area contributed by atoms with Gasteiger partial charge in [-0.1, -0.05) is 26.0 Å². The van der Waals surface area contributed by atoms with Crippen LogP contribution in [0, 0.1) is 11.3 Å². The minimum Gasteiger partial charge on any atom is -0.255 e. The number of pyridine rings is 1. The quantitative estimate of drug-likeness (QED) is 0.761. The maximum absolute atomic E-state index is 8.90. The lowest BCUT2D eigenvalue weighted by Gasteiger charge is -2.52. The molecule has 1 aromatic carbocycles. The van der Waals surface area contributed by atoms with Crippen LogP contribution in [0.4, 0.5) is 0 Å². The first-order valence-corrected chi connectivity index (χ1v) is 8.06. The first-order valence-electron chi connectivity index (χ1n) is 8.06. The highest BCUT2D eigenvalue weighted by molar-refractivity contribution is 5.64. The first kappa shape index (κ1) is 13.5. The molecule has 3 aliphatic carbocycles. The molecular weight excluding hydrogens is 268 g/mol. The summed E-state index contributed by atoms with van der Waals surface area (Å²) in [5.41, 5.74) is 6.50. The van der Waals surface area contributed by atoms with Crippen LogP contribution in [0.3, 0.4) is 0 Å². The molecule has 22 heavy (non-hydrogen) atoms. The highest BCUT2D eigenvalue weighted by atomic mass is 14.7. The Morgan fingerprint density at radius 3 is 2.23 bits per heavy atom. The Morgan fingerprint density at radius 1 is 0.955 bits per heavy atom. The Morgan fingerprint density at radius 2 is 1.64 bits per heavy atom. The van der Waals surface area contributed by atoms with E-state index in [2.05, 4.69) is 43.1 Å². The highest BCUT2D eigenvalue weighted by Crippen LogP contribution is 2.56. The molecule has 1 heterocycles. The lowest BCUT2D eigenvalue weighted by atomic mass is 9.52. The van der Waals surface area contributed by atoms with Crippen molar-refractivity contribution in [2.24, 2.45) is 0 Å². The fourth-order valence-electron chi connectivity index (χ4n) is 4.25. The number of hydrogen-bond donors (Lipinski definition) is 0. The molecule has 0 spiro atoms. The molecule has 5 rings (SSSR count). The molecule has 3 aliphatic rings. The van der Waals surface area contributed by atoms with Crippen molar-refractivity contribution in [3.05, 3.63) is 53.2 Å². The average molecular weight is 288 g/mol. The molecule has 1 aromatic heterocycles. The maximum atomic E-state index is 8.90. The van der Waals surface area contributed by atoms with Crippen LogP contribution in [0.15, 0.2) is 36.5 Å². The summed E-state index contributed by atoms with van der Waals surface area (Å²) in [6.45, 7) is 4.84. The molecular formula is C20H20N2. The van der Waals surface area contributed by atoms with Crippen LogP contribution in [0.25, 0.3) is 11.3 Å². The third-order valence-corrected chi connectivity index (χ3v) is 5.97. The average Bonchev–Trinajstić information content (AvgIpc) is 2.57. The van der Waals surface area contributed by atoms with Gasteiger partial charge in [-0.05, 0) is 65.8 Å². The van der Waals surface area contributed by atoms with Crippen LogP contribution in [0.1, 0.15) is 56.2 Å². The molecule has 0 saturated heterocycles. The van der Waals surface area contributed by atoms with Crippen molar-refractivity contribution in [2.75, 3.05) is 0 Å². The van der Waals surface area contributed by atoms with Gasteiger partial charge in [-0.3, -0.25) is 4.98 Å². The predicted octanol–water partition coefficient (Wildman–Crippen LogP) is 4.72. The number of benzene rings is 1. The summed E-state index contributed by atoms with van der Waals surface area (Å²) >= 11 is 0. The second kappa shape index (κ2) is 4.43. The molecule has 0 aliphatic heterocycles. The first-order chi connectivity index (χ1) is 10.5. The van der Waals surface area contributed by atoms with Gasteiger partial charge in [-0.15, -0.1) is 0 Å². The molecule has 2 aromatic rings. The van der Waals surface area contributed by atoms with E-state index < -0.39 is 0 Å². The van der Waals surface area contributed by atoms with Crippen LogP contribution in [-0.4, -0.2) is 4.98 Å². The third kappa shape index (κ3) is 1.82. The monoisotopic (exact) mass is 288 g/mol. The number of aromatic nitrogens is 1. The molecule has 110 valence electrons. The van der Waals surface area contributed by atoms with Gasteiger partial charge >= 0.3 is 0 Å². The van der Waals surface area contributed by atoms with Gasteiger partial charge in [0.15, 0.2) is 0 Å². The van der Waals surface area contributed by atoms with Gasteiger partial charge in [0.1, 0.15) is 6.07 Å². The van der Waals surface area contributed by atoms with Crippen LogP contribution in [0.2, 0.25) is 0 Å². The highest BCUT2D eigenvalue weighted by Gasteiger charge is 2.47. The van der Waals surface area contributed by atoms with E-state index in [1.165, 1.54) is 36.8 Å². The van der Waals surface area contributed by atoms with Crippen LogP contribution < -0.4 is 0 Å². The zero-order valence-electron chi connectivity index (χ0n) is 13.2. The van der Waals surface area contributed by atoms with E-state index in [9.17, 15) is 0 Å². The normalized spacial score (nSPS) is 29.0. The van der Waals surface area contributed by atoms with E-state index in [1.807, 2.05) is 12.1 Å². The molecule has 1 fully saturated rings. The van der Waals surface area contributed by atoms with Gasteiger partial charge in [0.25, 0.3) is 0 Å². The molecule has 0 amide bonds. The van der Waals surface area contributed by atoms with Crippen LogP contribution >= 0.6 is 0 Å². The summed E-state index contributed by atoms with van der Waals surface area (Å²) in [4.78, 5) is 4.45. The van der Waals surface area contributed by atoms with Crippen molar-refractivity contribution in [3.8, 4) is 17.3 Å². The van der Waals surface area contributed by atoms with Crippen LogP contribution in [-0.2, 0) is 10.8 Å². The van der Waals surface area contributed by atoms with Crippen molar-refractivity contribution in [2.45, 2.75) is 50.4 Å². The Kier molecular flexibility index (Phi) is 2.72. The summed E-state index contributed by atoms with van der Waals surface area (Å²) in [6.07, 6.45) is 6.86. The molecule has 0 N–H and O–H groups in total. The van der Waals surface area contributed by atoms with E-state index in [0.29, 0.717) is 16.4 Å². The second-order valence-corrected chi connectivity index (χ2v) is 7.43. The zero-order chi connectivity index (χ0) is 15.4. The fraction of sp³-hybridized carbons (Fsp3) is 0.400. The van der Waals surface area contributed by atoms with Gasteiger partial charge in [0.05, 0.1) is 11.3 Å². The Bertz CT molecular complexity index is 772. The van der Waals surface area contributed by atoms with Gasteiger partial charge in [-0.2, -0.15) is 5.26 Å². The van der Waals surface area contributed by atoms with E-state index >= 15 is 0 Å². The van der Waals surface area contributed by atoms with Gasteiger partial charge in [0, 0.05) is 11.8 Å². The van der Waals surface area contributed by atoms with Crippen molar-refractivity contribution < 1.29 is 0 Å². The molecule has 0 unspecified atom stereocenters. The largest absolute Gasteiger partial charge is 0.255 e. The van der Waals surface area contributed by atoms with Gasteiger partial charge in [-0.25, -0.2) is 0 Å². The standard InChI is InChI=1S/C20H20N2/c1-19-7-9-20(2,10-8-19)17-11-15(4-5-16(17)19)18-6-3-14(12-21)13-22-18/h3-6,11,13H,7-10H2,1-2H3. The smallest absolute Gasteiger partial charge is 0.101 e. The summed E-state index contributed by atoms with van der Waals surface area (Å²) in [5, 5.41) is 8.90. The molecule has 2 bridgehead atoms. The summed E-state index contributed by atoms with van der Waals surface area (Å²) < 4.78 is 0. The number of nitrogens with zero attached hydrogens (tertiary/aromatic N) is 2. The molecule has 2 heteroatoms. The Hall–Kier alpha value is -2.14. The van der Waals surface area contributed by atoms with Crippen molar-refractivity contribution in [1.82, 2.24) is 4.98 Å². The second-order valence-electron chi connectivity index (χ2n) is 7.43. The zero-order valence-corrected chi connectivity index (χ0v) is 13.2. The predicted molar refractivity (Wildman–Crippen MR) is 87.6 cm³/mol. The van der Waals surface area contributed by atoms with Gasteiger partial charge in [0.2, 0.25) is 0 Å². The Labute approximate surface area is 131 Å². The Balaban J connectivity index is 1.83. The number of hydrogen-bond acceptors (Lipinski definition) is 2. The van der Waals surface area contributed by atoms with Crippen molar-refractivity contribution in [1.29, 1.82) is 5.26 Å². The third-order valence-electron chi connectivity index (χ3n) is 5.97. The van der Waals surface area contributed by atoms with E-state index in [0.717, 1.165) is 5.69 Å². The minimum absolute atomic E-state index is 0.329. The summed E-state index contributed by atoms with van der Waals surface area (Å²) in [5.74, 6) is 0. The maximum Gasteiger partial charge on any atom is 0.101 e. The minimum atomic E-state index is 0.329. The van der Waals surface area contributed by atoms with Crippen molar-refractivity contribution >= 4 is 0 Å². The van der Waals surface area contributed by atoms with E-state index in [-0.39, 0.29) is 0 Å². The van der Waals surface area contributed by atoms with Crippen LogP contribution in [0.5, 0.6) is 0 Å². The lowest BCUT2D eigenvalue weighted by molar-refractivity contribution is 0.188. The van der Waals surface area contributed by atoms with E-state index in [1.54, 1.807) is 11.8 Å². The summed E-state index contributed by atoms with van der Waals surface area (Å²) in [7, 11) is 0. The fourth-order valence-corrected chi connectivity index (χ4v) is 4.25. The molecule has 1 saturated carbocycles. The van der Waals surface area contributed by atoms with Crippen molar-refractivity contribution in [3.63, 3.8) is 0 Å². The van der Waals surface area contributed by atoms with E-state index in [4.69, 9.17) is 5.26 Å². The topological polar surface area (TPSA) is 36.7 Å². The number of nitriles is 1. The SMILES string of the molecule is CC12CCC(C)(CC1)c1cc(-c3ccc(C#N)cn3)ccc12. The molecule has 0 atom stereocenters. The molecule has 0 radical (unpaired) electrons.